The molecule has 136 valence electrons. The van der Waals surface area contributed by atoms with Gasteiger partial charge >= 0.3 is 0 Å². The minimum atomic E-state index is 0.812. The van der Waals surface area contributed by atoms with E-state index >= 15 is 0 Å². The zero-order valence-corrected chi connectivity index (χ0v) is 16.2. The summed E-state index contributed by atoms with van der Waals surface area (Å²) in [4.78, 5) is 2.70. The Morgan fingerprint density at radius 3 is 2.08 bits per heavy atom. The Hall–Kier alpha value is -0.980. The largest absolute Gasteiger partial charge is 0.371 e. The molecule has 6 rings (SSSR count). The first-order valence-corrected chi connectivity index (χ1v) is 11.0. The highest BCUT2D eigenvalue weighted by molar-refractivity contribution is 5.55. The maximum Gasteiger partial charge on any atom is 0.0396 e. The Balaban J connectivity index is 1.37. The van der Waals surface area contributed by atoms with Gasteiger partial charge in [-0.05, 0) is 98.7 Å². The molecule has 0 atom stereocenters. The van der Waals surface area contributed by atoms with Gasteiger partial charge in [-0.1, -0.05) is 31.4 Å². The lowest BCUT2D eigenvalue weighted by Gasteiger charge is -2.57. The van der Waals surface area contributed by atoms with Crippen LogP contribution < -0.4 is 4.90 Å². The van der Waals surface area contributed by atoms with E-state index in [4.69, 9.17) is 0 Å². The molecule has 4 bridgehead atoms. The summed E-state index contributed by atoms with van der Waals surface area (Å²) in [5.41, 5.74) is 4.64. The molecule has 0 N–H and O–H groups in total. The average Bonchev–Trinajstić information content (AvgIpc) is 2.61. The zero-order valence-electron chi connectivity index (χ0n) is 16.2. The molecule has 0 radical (unpaired) electrons. The predicted molar refractivity (Wildman–Crippen MR) is 106 cm³/mol. The van der Waals surface area contributed by atoms with E-state index in [-0.39, 0.29) is 0 Å². The first-order valence-electron chi connectivity index (χ1n) is 11.0. The number of aryl methyl sites for hydroxylation is 1. The molecule has 0 amide bonds. The van der Waals surface area contributed by atoms with Gasteiger partial charge in [0.05, 0.1) is 0 Å². The first kappa shape index (κ1) is 16.2. The molecule has 1 aromatic rings. The van der Waals surface area contributed by atoms with E-state index in [1.165, 1.54) is 69.0 Å². The van der Waals surface area contributed by atoms with E-state index in [0.717, 1.165) is 35.6 Å². The number of anilines is 1. The van der Waals surface area contributed by atoms with Crippen molar-refractivity contribution in [3.05, 3.63) is 29.3 Å². The van der Waals surface area contributed by atoms with Crippen molar-refractivity contribution in [1.29, 1.82) is 0 Å². The van der Waals surface area contributed by atoms with E-state index < -0.39 is 0 Å². The SMILES string of the molecule is Cc1cc(C2CCCCC2)ccc1N(C)C1C2CC3CC(C2)CC1C3. The molecular formula is C24H35N. The fourth-order valence-corrected chi connectivity index (χ4v) is 7.45. The van der Waals surface area contributed by atoms with Crippen LogP contribution in [0.2, 0.25) is 0 Å². The van der Waals surface area contributed by atoms with E-state index in [9.17, 15) is 0 Å². The molecule has 5 fully saturated rings. The number of nitrogens with zero attached hydrogens (tertiary/aromatic N) is 1. The van der Waals surface area contributed by atoms with E-state index in [1.807, 2.05) is 0 Å². The summed E-state index contributed by atoms with van der Waals surface area (Å²) in [5.74, 6) is 4.91. The molecule has 5 saturated carbocycles. The van der Waals surface area contributed by atoms with E-state index in [2.05, 4.69) is 37.1 Å². The molecule has 0 saturated heterocycles. The Morgan fingerprint density at radius 2 is 1.48 bits per heavy atom. The Bertz CT molecular complexity index is 599. The van der Waals surface area contributed by atoms with Crippen molar-refractivity contribution in [2.24, 2.45) is 23.7 Å². The lowest BCUT2D eigenvalue weighted by Crippen LogP contribution is -2.55. The highest BCUT2D eigenvalue weighted by atomic mass is 15.2. The summed E-state index contributed by atoms with van der Waals surface area (Å²) in [6, 6.07) is 8.26. The van der Waals surface area contributed by atoms with Crippen LogP contribution in [0.4, 0.5) is 5.69 Å². The van der Waals surface area contributed by atoms with Gasteiger partial charge < -0.3 is 4.90 Å². The molecule has 1 heteroatoms. The molecule has 5 aliphatic rings. The molecule has 1 nitrogen and oxygen atoms in total. The lowest BCUT2D eigenvalue weighted by molar-refractivity contribution is -0.00124. The summed E-state index contributed by atoms with van der Waals surface area (Å²) in [6.45, 7) is 2.36. The third-order valence-electron chi connectivity index (χ3n) is 8.30. The summed E-state index contributed by atoms with van der Waals surface area (Å²) in [7, 11) is 2.40. The maximum absolute atomic E-state index is 2.70. The molecular weight excluding hydrogens is 302 g/mol. The molecule has 0 heterocycles. The molecule has 25 heavy (non-hydrogen) atoms. The Labute approximate surface area is 154 Å². The summed E-state index contributed by atoms with van der Waals surface area (Å²) in [5, 5.41) is 0. The normalized spacial score (nSPS) is 37.4. The quantitative estimate of drug-likeness (QED) is 0.625. The van der Waals surface area contributed by atoms with E-state index in [1.54, 1.807) is 12.0 Å². The second kappa shape index (κ2) is 6.32. The number of hydrogen-bond acceptors (Lipinski definition) is 1. The molecule has 0 spiro atoms. The monoisotopic (exact) mass is 337 g/mol. The third-order valence-corrected chi connectivity index (χ3v) is 8.30. The van der Waals surface area contributed by atoms with Crippen LogP contribution in [0.5, 0.6) is 0 Å². The van der Waals surface area contributed by atoms with Crippen LogP contribution in [-0.4, -0.2) is 13.1 Å². The number of hydrogen-bond donors (Lipinski definition) is 0. The number of rotatable bonds is 3. The second-order valence-corrected chi connectivity index (χ2v) is 9.91. The van der Waals surface area contributed by atoms with Crippen LogP contribution in [0, 0.1) is 30.6 Å². The fourth-order valence-electron chi connectivity index (χ4n) is 7.45. The van der Waals surface area contributed by atoms with Crippen LogP contribution in [0.15, 0.2) is 18.2 Å². The van der Waals surface area contributed by atoms with Crippen molar-refractivity contribution in [3.8, 4) is 0 Å². The summed E-state index contributed by atoms with van der Waals surface area (Å²) >= 11 is 0. The van der Waals surface area contributed by atoms with Crippen molar-refractivity contribution in [2.75, 3.05) is 11.9 Å². The maximum atomic E-state index is 2.70. The highest BCUT2D eigenvalue weighted by Gasteiger charge is 2.49. The van der Waals surface area contributed by atoms with Gasteiger partial charge in [-0.15, -0.1) is 0 Å². The van der Waals surface area contributed by atoms with Gasteiger partial charge in [-0.25, -0.2) is 0 Å². The van der Waals surface area contributed by atoms with Gasteiger partial charge in [0.25, 0.3) is 0 Å². The van der Waals surface area contributed by atoms with Crippen molar-refractivity contribution >= 4 is 5.69 Å². The number of benzene rings is 1. The van der Waals surface area contributed by atoms with E-state index in [0.29, 0.717) is 0 Å². The molecule has 1 aromatic carbocycles. The topological polar surface area (TPSA) is 3.24 Å². The minimum absolute atomic E-state index is 0.812. The predicted octanol–water partition coefficient (Wildman–Crippen LogP) is 6.30. The fraction of sp³-hybridized carbons (Fsp3) is 0.750. The highest BCUT2D eigenvalue weighted by Crippen LogP contribution is 2.55. The Morgan fingerprint density at radius 1 is 0.840 bits per heavy atom. The summed E-state index contributed by atoms with van der Waals surface area (Å²) in [6.07, 6.45) is 14.7. The Kier molecular flexibility index (Phi) is 4.10. The lowest BCUT2D eigenvalue weighted by atomic mass is 9.54. The zero-order chi connectivity index (χ0) is 17.0. The van der Waals surface area contributed by atoms with Gasteiger partial charge in [0, 0.05) is 18.8 Å². The van der Waals surface area contributed by atoms with Crippen LogP contribution in [0.3, 0.4) is 0 Å². The van der Waals surface area contributed by atoms with Crippen LogP contribution in [0.1, 0.15) is 81.3 Å². The second-order valence-electron chi connectivity index (χ2n) is 9.91. The van der Waals surface area contributed by atoms with Gasteiger partial charge in [0.1, 0.15) is 0 Å². The third kappa shape index (κ3) is 2.82. The van der Waals surface area contributed by atoms with Crippen LogP contribution in [-0.2, 0) is 0 Å². The van der Waals surface area contributed by atoms with Gasteiger partial charge in [0.15, 0.2) is 0 Å². The van der Waals surface area contributed by atoms with Crippen LogP contribution in [0.25, 0.3) is 0 Å². The molecule has 5 aliphatic carbocycles. The van der Waals surface area contributed by atoms with Gasteiger partial charge in [-0.2, -0.15) is 0 Å². The standard InChI is InChI=1S/C24H35N/c1-16-10-20(19-6-4-3-5-7-19)8-9-23(16)25(2)24-21-12-17-11-18(14-21)15-22(24)13-17/h8-10,17-19,21-22,24H,3-7,11-15H2,1-2H3. The first-order chi connectivity index (χ1) is 12.2. The van der Waals surface area contributed by atoms with Crippen molar-refractivity contribution < 1.29 is 0 Å². The molecule has 0 unspecified atom stereocenters. The van der Waals surface area contributed by atoms with Crippen LogP contribution >= 0.6 is 0 Å². The average molecular weight is 338 g/mol. The van der Waals surface area contributed by atoms with Crippen molar-refractivity contribution in [1.82, 2.24) is 0 Å². The minimum Gasteiger partial charge on any atom is -0.371 e. The summed E-state index contributed by atoms with van der Waals surface area (Å²) < 4.78 is 0. The molecule has 0 aromatic heterocycles. The van der Waals surface area contributed by atoms with Gasteiger partial charge in [0.2, 0.25) is 0 Å². The van der Waals surface area contributed by atoms with Crippen molar-refractivity contribution in [3.63, 3.8) is 0 Å². The molecule has 0 aliphatic heterocycles. The smallest absolute Gasteiger partial charge is 0.0396 e. The van der Waals surface area contributed by atoms with Crippen molar-refractivity contribution in [2.45, 2.75) is 83.1 Å². The van der Waals surface area contributed by atoms with Gasteiger partial charge in [-0.3, -0.25) is 0 Å².